The van der Waals surface area contributed by atoms with E-state index >= 15 is 0 Å². The van der Waals surface area contributed by atoms with Gasteiger partial charge in [0.05, 0.1) is 6.54 Å². The number of hydrogen-bond donors (Lipinski definition) is 1. The fourth-order valence-corrected chi connectivity index (χ4v) is 2.23. The van der Waals surface area contributed by atoms with Crippen molar-refractivity contribution in [3.8, 4) is 0 Å². The molecule has 0 aliphatic carbocycles. The summed E-state index contributed by atoms with van der Waals surface area (Å²) in [6.45, 7) is 9.53. The van der Waals surface area contributed by atoms with Gasteiger partial charge in [-0.05, 0) is 13.8 Å². The molecule has 0 saturated carbocycles. The molecule has 7 heteroatoms. The highest BCUT2D eigenvalue weighted by Crippen LogP contribution is 2.29. The number of amides is 2. The summed E-state index contributed by atoms with van der Waals surface area (Å²) in [5, 5.41) is 2.65. The van der Waals surface area contributed by atoms with Crippen LogP contribution in [-0.2, 0) is 15.0 Å². The zero-order valence-electron chi connectivity index (χ0n) is 12.8. The van der Waals surface area contributed by atoms with Crippen LogP contribution < -0.4 is 10.2 Å². The van der Waals surface area contributed by atoms with Gasteiger partial charge in [-0.25, -0.2) is 9.97 Å². The van der Waals surface area contributed by atoms with Crippen LogP contribution in [0.1, 0.15) is 39.1 Å². The first-order valence-electron chi connectivity index (χ1n) is 6.76. The van der Waals surface area contributed by atoms with Crippen molar-refractivity contribution in [2.75, 3.05) is 11.4 Å². The fraction of sp³-hybridized carbons (Fsp3) is 0.571. The fourth-order valence-electron chi connectivity index (χ4n) is 2.07. The third kappa shape index (κ3) is 3.00. The normalized spacial score (nSPS) is 19.7. The van der Waals surface area contributed by atoms with E-state index in [9.17, 15) is 9.59 Å². The van der Waals surface area contributed by atoms with Gasteiger partial charge in [0, 0.05) is 11.0 Å². The number of halogens is 1. The topological polar surface area (TPSA) is 75.2 Å². The van der Waals surface area contributed by atoms with Gasteiger partial charge in [0.25, 0.3) is 0 Å². The second-order valence-corrected chi connectivity index (χ2v) is 6.61. The Morgan fingerprint density at radius 3 is 2.48 bits per heavy atom. The van der Waals surface area contributed by atoms with Crippen LogP contribution in [0.4, 0.5) is 5.82 Å². The average molecular weight is 311 g/mol. The van der Waals surface area contributed by atoms with Crippen molar-refractivity contribution in [2.24, 2.45) is 0 Å². The van der Waals surface area contributed by atoms with E-state index in [4.69, 9.17) is 11.6 Å². The van der Waals surface area contributed by atoms with Crippen molar-refractivity contribution in [3.63, 3.8) is 0 Å². The molecule has 0 bridgehead atoms. The molecule has 1 N–H and O–H groups in total. The van der Waals surface area contributed by atoms with E-state index in [1.807, 2.05) is 20.8 Å². The monoisotopic (exact) mass is 310 g/mol. The highest BCUT2D eigenvalue weighted by atomic mass is 35.5. The first kappa shape index (κ1) is 15.7. The summed E-state index contributed by atoms with van der Waals surface area (Å²) in [6.07, 6.45) is 0. The highest BCUT2D eigenvalue weighted by Gasteiger charge is 2.33. The quantitative estimate of drug-likeness (QED) is 0.630. The van der Waals surface area contributed by atoms with E-state index in [-0.39, 0.29) is 23.8 Å². The molecule has 1 fully saturated rings. The van der Waals surface area contributed by atoms with Gasteiger partial charge in [-0.1, -0.05) is 32.4 Å². The predicted molar refractivity (Wildman–Crippen MR) is 80.4 cm³/mol. The lowest BCUT2D eigenvalue weighted by molar-refractivity contribution is -0.132. The van der Waals surface area contributed by atoms with Gasteiger partial charge in [-0.3, -0.25) is 14.9 Å². The maximum Gasteiger partial charge on any atom is 0.249 e. The molecule has 21 heavy (non-hydrogen) atoms. The molecule has 1 aromatic rings. The van der Waals surface area contributed by atoms with E-state index in [2.05, 4.69) is 15.3 Å². The Kier molecular flexibility index (Phi) is 3.93. The standard InChI is InChI=1S/C14H19ClN4O2/c1-7-10(15)17-13(14(3,4)5)18-11(7)19-6-9(20)16-12(21)8(19)2/h8H,6H2,1-5H3,(H,16,20,21). The molecule has 1 aliphatic heterocycles. The minimum atomic E-state index is -0.486. The maximum absolute atomic E-state index is 11.8. The third-order valence-electron chi connectivity index (χ3n) is 3.43. The molecule has 2 rings (SSSR count). The summed E-state index contributed by atoms with van der Waals surface area (Å²) in [7, 11) is 0. The number of rotatable bonds is 1. The molecule has 1 saturated heterocycles. The number of piperazine rings is 1. The summed E-state index contributed by atoms with van der Waals surface area (Å²) in [6, 6.07) is -0.486. The van der Waals surface area contributed by atoms with Gasteiger partial charge < -0.3 is 4.90 Å². The second-order valence-electron chi connectivity index (χ2n) is 6.25. The minimum absolute atomic E-state index is 0.0741. The Morgan fingerprint density at radius 2 is 1.90 bits per heavy atom. The first-order chi connectivity index (χ1) is 9.61. The minimum Gasteiger partial charge on any atom is -0.335 e. The lowest BCUT2D eigenvalue weighted by Gasteiger charge is -2.34. The van der Waals surface area contributed by atoms with E-state index in [0.29, 0.717) is 22.4 Å². The summed E-state index contributed by atoms with van der Waals surface area (Å²) >= 11 is 6.20. The molecule has 0 spiro atoms. The molecule has 0 aromatic carbocycles. The van der Waals surface area contributed by atoms with Crippen molar-refractivity contribution in [3.05, 3.63) is 16.5 Å². The van der Waals surface area contributed by atoms with Crippen LogP contribution >= 0.6 is 11.6 Å². The Balaban J connectivity index is 2.54. The number of imide groups is 1. The van der Waals surface area contributed by atoms with Gasteiger partial charge >= 0.3 is 0 Å². The van der Waals surface area contributed by atoms with Crippen LogP contribution in [0.15, 0.2) is 0 Å². The summed E-state index contributed by atoms with van der Waals surface area (Å²) in [4.78, 5) is 34.0. The van der Waals surface area contributed by atoms with Crippen LogP contribution in [0.25, 0.3) is 0 Å². The molecule has 0 radical (unpaired) electrons. The van der Waals surface area contributed by atoms with Crippen LogP contribution in [0.2, 0.25) is 5.15 Å². The van der Waals surface area contributed by atoms with Gasteiger partial charge in [-0.15, -0.1) is 0 Å². The molecule has 1 atom stereocenters. The Morgan fingerprint density at radius 1 is 1.29 bits per heavy atom. The van der Waals surface area contributed by atoms with E-state index in [1.54, 1.807) is 18.7 Å². The van der Waals surface area contributed by atoms with Crippen molar-refractivity contribution in [2.45, 2.75) is 46.1 Å². The number of carbonyl (C=O) groups is 2. The highest BCUT2D eigenvalue weighted by molar-refractivity contribution is 6.30. The summed E-state index contributed by atoms with van der Waals surface area (Å²) in [5.41, 5.74) is 0.385. The second kappa shape index (κ2) is 5.26. The number of nitrogens with zero attached hydrogens (tertiary/aromatic N) is 3. The van der Waals surface area contributed by atoms with E-state index in [1.165, 1.54) is 0 Å². The molecular formula is C14H19ClN4O2. The lowest BCUT2D eigenvalue weighted by atomic mass is 9.95. The van der Waals surface area contributed by atoms with E-state index < -0.39 is 6.04 Å². The number of anilines is 1. The van der Waals surface area contributed by atoms with Crippen molar-refractivity contribution in [1.29, 1.82) is 0 Å². The van der Waals surface area contributed by atoms with Crippen molar-refractivity contribution < 1.29 is 9.59 Å². The Bertz CT molecular complexity index is 610. The van der Waals surface area contributed by atoms with Gasteiger partial charge in [0.15, 0.2) is 0 Å². The van der Waals surface area contributed by atoms with Crippen LogP contribution in [0.3, 0.4) is 0 Å². The van der Waals surface area contributed by atoms with E-state index in [0.717, 1.165) is 0 Å². The predicted octanol–water partition coefficient (Wildman–Crippen LogP) is 1.59. The molecule has 1 unspecified atom stereocenters. The number of hydrogen-bond acceptors (Lipinski definition) is 5. The Hall–Kier alpha value is -1.69. The average Bonchev–Trinajstić information content (AvgIpc) is 2.36. The van der Waals surface area contributed by atoms with Gasteiger partial charge in [0.1, 0.15) is 22.8 Å². The molecular weight excluding hydrogens is 292 g/mol. The summed E-state index contributed by atoms with van der Waals surface area (Å²) < 4.78 is 0. The zero-order chi connectivity index (χ0) is 15.9. The third-order valence-corrected chi connectivity index (χ3v) is 3.80. The first-order valence-corrected chi connectivity index (χ1v) is 7.14. The van der Waals surface area contributed by atoms with Crippen molar-refractivity contribution >= 4 is 29.2 Å². The molecule has 2 amide bonds. The molecule has 114 valence electrons. The van der Waals surface area contributed by atoms with Crippen LogP contribution in [0, 0.1) is 6.92 Å². The maximum atomic E-state index is 11.8. The van der Waals surface area contributed by atoms with Gasteiger partial charge in [-0.2, -0.15) is 0 Å². The van der Waals surface area contributed by atoms with Crippen LogP contribution in [0.5, 0.6) is 0 Å². The van der Waals surface area contributed by atoms with Gasteiger partial charge in [0.2, 0.25) is 11.8 Å². The largest absolute Gasteiger partial charge is 0.335 e. The lowest BCUT2D eigenvalue weighted by Crippen LogP contribution is -2.57. The van der Waals surface area contributed by atoms with Crippen LogP contribution in [-0.4, -0.2) is 34.4 Å². The smallest absolute Gasteiger partial charge is 0.249 e. The SMILES string of the molecule is Cc1c(Cl)nc(C(C)(C)C)nc1N1CC(=O)NC(=O)C1C. The molecule has 1 aliphatic rings. The molecule has 6 nitrogen and oxygen atoms in total. The summed E-state index contributed by atoms with van der Waals surface area (Å²) in [5.74, 6) is 0.441. The molecule has 2 heterocycles. The zero-order valence-corrected chi connectivity index (χ0v) is 13.6. The molecule has 1 aromatic heterocycles. The Labute approximate surface area is 128 Å². The number of nitrogens with one attached hydrogen (secondary N) is 1. The van der Waals surface area contributed by atoms with Crippen molar-refractivity contribution in [1.82, 2.24) is 15.3 Å². The number of carbonyl (C=O) groups excluding carboxylic acids is 2. The number of aromatic nitrogens is 2.